The zero-order chi connectivity index (χ0) is 26.9. The number of aromatic nitrogens is 2. The molecule has 0 bridgehead atoms. The van der Waals surface area contributed by atoms with E-state index in [1.54, 1.807) is 0 Å². The van der Waals surface area contributed by atoms with Gasteiger partial charge < -0.3 is 14.8 Å². The van der Waals surface area contributed by atoms with Crippen LogP contribution in [0.5, 0.6) is 17.4 Å². The predicted molar refractivity (Wildman–Crippen MR) is 108 cm³/mol. The number of hydrogen-bond acceptors (Lipinski definition) is 7. The van der Waals surface area contributed by atoms with Gasteiger partial charge in [-0.15, -0.1) is 23.4 Å². The minimum absolute atomic E-state index is 0.147. The van der Waals surface area contributed by atoms with E-state index in [1.165, 1.54) is 18.2 Å². The molecule has 0 fully saturated rings. The SMILES string of the molecule is CS(=O)(=O)c1cccc(NC(=O)c2cc(C(F)(F)F)nnc2Oc2cc(OC(F)(F)F)ccc2F)c1. The summed E-state index contributed by atoms with van der Waals surface area (Å²) in [6.45, 7) is 0. The highest BCUT2D eigenvalue weighted by Gasteiger charge is 2.35. The Labute approximate surface area is 197 Å². The fraction of sp³-hybridized carbons (Fsp3) is 0.150. The van der Waals surface area contributed by atoms with Crippen molar-refractivity contribution in [2.75, 3.05) is 11.6 Å². The number of hydrogen-bond donors (Lipinski definition) is 1. The lowest BCUT2D eigenvalue weighted by molar-refractivity contribution is -0.274. The van der Waals surface area contributed by atoms with Crippen LogP contribution in [0.15, 0.2) is 53.4 Å². The van der Waals surface area contributed by atoms with Crippen LogP contribution in [0.1, 0.15) is 16.1 Å². The van der Waals surface area contributed by atoms with Crippen LogP contribution in [0.3, 0.4) is 0 Å². The average molecular weight is 539 g/mol. The summed E-state index contributed by atoms with van der Waals surface area (Å²) in [5.74, 6) is -5.47. The topological polar surface area (TPSA) is 107 Å². The maximum absolute atomic E-state index is 14.1. The quantitative estimate of drug-likeness (QED) is 0.441. The van der Waals surface area contributed by atoms with E-state index in [0.29, 0.717) is 18.2 Å². The van der Waals surface area contributed by atoms with Crippen molar-refractivity contribution in [3.63, 3.8) is 0 Å². The summed E-state index contributed by atoms with van der Waals surface area (Å²) in [4.78, 5) is 12.5. The van der Waals surface area contributed by atoms with Gasteiger partial charge in [0.05, 0.1) is 4.90 Å². The Hall–Kier alpha value is -3.95. The number of benzene rings is 2. The molecule has 2 aromatic carbocycles. The fourth-order valence-electron chi connectivity index (χ4n) is 2.62. The van der Waals surface area contributed by atoms with Crippen molar-refractivity contribution >= 4 is 21.4 Å². The molecule has 0 saturated carbocycles. The van der Waals surface area contributed by atoms with Crippen molar-refractivity contribution in [3.05, 3.63) is 65.6 Å². The number of carbonyl (C=O) groups is 1. The molecule has 1 amide bonds. The lowest BCUT2D eigenvalue weighted by atomic mass is 10.2. The molecule has 1 aromatic heterocycles. The number of alkyl halides is 6. The molecule has 1 heterocycles. The third-order valence-corrected chi connectivity index (χ3v) is 5.27. The molecule has 0 spiro atoms. The van der Waals surface area contributed by atoms with Gasteiger partial charge in [-0.2, -0.15) is 13.2 Å². The van der Waals surface area contributed by atoms with E-state index in [1.807, 2.05) is 0 Å². The van der Waals surface area contributed by atoms with Crippen molar-refractivity contribution in [3.8, 4) is 17.4 Å². The number of nitrogens with zero attached hydrogens (tertiary/aromatic N) is 2. The van der Waals surface area contributed by atoms with E-state index in [0.717, 1.165) is 12.3 Å². The van der Waals surface area contributed by atoms with Crippen molar-refractivity contribution in [2.45, 2.75) is 17.4 Å². The van der Waals surface area contributed by atoms with E-state index < -0.39 is 62.7 Å². The Balaban J connectivity index is 2.01. The number of rotatable bonds is 6. The molecule has 0 saturated heterocycles. The van der Waals surface area contributed by atoms with Gasteiger partial charge in [0.2, 0.25) is 0 Å². The molecule has 0 radical (unpaired) electrons. The van der Waals surface area contributed by atoms with Crippen LogP contribution in [-0.4, -0.2) is 37.1 Å². The molecule has 0 aliphatic rings. The molecule has 36 heavy (non-hydrogen) atoms. The number of carbonyl (C=O) groups excluding carboxylic acids is 1. The van der Waals surface area contributed by atoms with Crippen molar-refractivity contribution in [1.29, 1.82) is 0 Å². The fourth-order valence-corrected chi connectivity index (χ4v) is 3.29. The zero-order valence-electron chi connectivity index (χ0n) is 17.6. The van der Waals surface area contributed by atoms with Gasteiger partial charge in [0.25, 0.3) is 11.8 Å². The summed E-state index contributed by atoms with van der Waals surface area (Å²) >= 11 is 0. The first-order valence-electron chi connectivity index (χ1n) is 9.32. The van der Waals surface area contributed by atoms with Crippen molar-refractivity contribution < 1.29 is 53.4 Å². The number of halogens is 7. The van der Waals surface area contributed by atoms with Crippen LogP contribution in [0.25, 0.3) is 0 Å². The molecule has 3 aromatic rings. The smallest absolute Gasteiger partial charge is 0.434 e. The second-order valence-electron chi connectivity index (χ2n) is 6.94. The minimum atomic E-state index is -5.14. The number of amides is 1. The normalized spacial score (nSPS) is 12.2. The Morgan fingerprint density at radius 2 is 1.67 bits per heavy atom. The molecule has 1 N–H and O–H groups in total. The van der Waals surface area contributed by atoms with Crippen LogP contribution < -0.4 is 14.8 Å². The highest BCUT2D eigenvalue weighted by molar-refractivity contribution is 7.90. The van der Waals surface area contributed by atoms with Crippen LogP contribution >= 0.6 is 0 Å². The van der Waals surface area contributed by atoms with Crippen LogP contribution in [-0.2, 0) is 16.0 Å². The summed E-state index contributed by atoms with van der Waals surface area (Å²) in [6, 6.07) is 6.46. The first-order chi connectivity index (χ1) is 16.5. The first-order valence-corrected chi connectivity index (χ1v) is 11.2. The second kappa shape index (κ2) is 9.60. The first kappa shape index (κ1) is 26.7. The molecule has 16 heteroatoms. The summed E-state index contributed by atoms with van der Waals surface area (Å²) in [7, 11) is -3.70. The van der Waals surface area contributed by atoms with Gasteiger partial charge >= 0.3 is 12.5 Å². The maximum atomic E-state index is 14.1. The predicted octanol–water partition coefficient (Wildman–Crippen LogP) is 4.98. The number of ether oxygens (including phenoxy) is 2. The molecule has 0 atom stereocenters. The molecule has 0 aliphatic heterocycles. The lowest BCUT2D eigenvalue weighted by Gasteiger charge is -2.14. The van der Waals surface area contributed by atoms with Gasteiger partial charge in [0.1, 0.15) is 11.3 Å². The zero-order valence-corrected chi connectivity index (χ0v) is 18.4. The van der Waals surface area contributed by atoms with Crippen LogP contribution in [0.2, 0.25) is 0 Å². The third-order valence-electron chi connectivity index (χ3n) is 4.16. The highest BCUT2D eigenvalue weighted by Crippen LogP contribution is 2.34. The second-order valence-corrected chi connectivity index (χ2v) is 8.96. The standard InChI is InChI=1S/C20H12F7N3O5S/c1-36(32,33)12-4-2-3-10(7-12)28-17(31)13-9-16(19(22,23)24)29-30-18(13)34-15-8-11(5-6-14(15)21)35-20(25,26)27/h2-9H,1H3,(H,28,31). The lowest BCUT2D eigenvalue weighted by Crippen LogP contribution is -2.18. The van der Waals surface area contributed by atoms with Gasteiger partial charge in [0, 0.05) is 18.0 Å². The molecule has 3 rings (SSSR count). The van der Waals surface area contributed by atoms with E-state index in [-0.39, 0.29) is 16.6 Å². The molecule has 192 valence electrons. The summed E-state index contributed by atoms with van der Waals surface area (Å²) in [5.41, 5.74) is -2.73. The van der Waals surface area contributed by atoms with Crippen molar-refractivity contribution in [2.24, 2.45) is 0 Å². The molecular weight excluding hydrogens is 527 g/mol. The Morgan fingerprint density at radius 1 is 0.972 bits per heavy atom. The van der Waals surface area contributed by atoms with Gasteiger partial charge in [-0.25, -0.2) is 12.8 Å². The van der Waals surface area contributed by atoms with Crippen molar-refractivity contribution in [1.82, 2.24) is 10.2 Å². The van der Waals surface area contributed by atoms with Gasteiger partial charge in [-0.05, 0) is 36.4 Å². The Kier molecular flexibility index (Phi) is 7.11. The van der Waals surface area contributed by atoms with E-state index in [2.05, 4.69) is 20.3 Å². The maximum Gasteiger partial charge on any atom is 0.573 e. The van der Waals surface area contributed by atoms with Crippen LogP contribution in [0, 0.1) is 5.82 Å². The summed E-state index contributed by atoms with van der Waals surface area (Å²) in [6.07, 6.45) is -9.33. The number of sulfone groups is 1. The van der Waals surface area contributed by atoms with Gasteiger partial charge in [0.15, 0.2) is 27.1 Å². The van der Waals surface area contributed by atoms with Crippen LogP contribution in [0.4, 0.5) is 36.4 Å². The minimum Gasteiger partial charge on any atom is -0.434 e. The largest absolute Gasteiger partial charge is 0.573 e. The number of anilines is 1. The average Bonchev–Trinajstić information content (AvgIpc) is 2.74. The summed E-state index contributed by atoms with van der Waals surface area (Å²) in [5, 5.41) is 8.13. The van der Waals surface area contributed by atoms with E-state index >= 15 is 0 Å². The Morgan fingerprint density at radius 3 is 2.28 bits per heavy atom. The molecule has 0 aliphatic carbocycles. The van der Waals surface area contributed by atoms with Gasteiger partial charge in [-0.1, -0.05) is 6.07 Å². The third kappa shape index (κ3) is 6.80. The monoisotopic (exact) mass is 539 g/mol. The summed E-state index contributed by atoms with van der Waals surface area (Å²) < 4.78 is 123. The van der Waals surface area contributed by atoms with Gasteiger partial charge in [-0.3, -0.25) is 4.79 Å². The Bertz CT molecular complexity index is 1410. The highest BCUT2D eigenvalue weighted by atomic mass is 32.2. The molecule has 8 nitrogen and oxygen atoms in total. The number of nitrogens with one attached hydrogen (secondary N) is 1. The van der Waals surface area contributed by atoms with E-state index in [4.69, 9.17) is 4.74 Å². The van der Waals surface area contributed by atoms with E-state index in [9.17, 15) is 43.9 Å². The molecule has 0 unspecified atom stereocenters. The molecular formula is C20H12F7N3O5S.